The van der Waals surface area contributed by atoms with Crippen LogP contribution in [0.15, 0.2) is 36.5 Å². The van der Waals surface area contributed by atoms with Crippen molar-refractivity contribution in [2.24, 2.45) is 5.73 Å². The predicted molar refractivity (Wildman–Crippen MR) is 67.9 cm³/mol. The van der Waals surface area contributed by atoms with E-state index in [4.69, 9.17) is 10.8 Å². The maximum Gasteiger partial charge on any atom is 0.320 e. The zero-order chi connectivity index (χ0) is 12.3. The van der Waals surface area contributed by atoms with E-state index in [0.717, 1.165) is 5.69 Å². The zero-order valence-electron chi connectivity index (χ0n) is 9.43. The number of hydrogen-bond acceptors (Lipinski definition) is 4. The first-order chi connectivity index (χ1) is 8.16. The smallest absolute Gasteiger partial charge is 0.320 e. The van der Waals surface area contributed by atoms with Crippen LogP contribution in [0.5, 0.6) is 0 Å². The third-order valence-electron chi connectivity index (χ3n) is 2.31. The summed E-state index contributed by atoms with van der Waals surface area (Å²) in [6.07, 6.45) is 1.85. The molecule has 0 amide bonds. The van der Waals surface area contributed by atoms with Crippen LogP contribution in [-0.4, -0.2) is 32.1 Å². The molecule has 0 spiro atoms. The lowest BCUT2D eigenvalue weighted by atomic mass is 10.2. The molecule has 1 aromatic heterocycles. The molecule has 0 aliphatic carbocycles. The number of nitrogens with zero attached hydrogens (tertiary/aromatic N) is 3. The van der Waals surface area contributed by atoms with E-state index in [2.05, 4.69) is 10.3 Å². The molecule has 0 aliphatic rings. The lowest BCUT2D eigenvalue weighted by Crippen LogP contribution is -2.32. The lowest BCUT2D eigenvalue weighted by molar-refractivity contribution is -0.138. The summed E-state index contributed by atoms with van der Waals surface area (Å²) in [6, 6.07) is 8.50. The van der Waals surface area contributed by atoms with Gasteiger partial charge in [-0.3, -0.25) is 4.79 Å². The second kappa shape index (κ2) is 6.13. The number of benzene rings is 1. The number of para-hydroxylation sites is 1. The Morgan fingerprint density at radius 1 is 1.39 bits per heavy atom. The first kappa shape index (κ1) is 14.1. The minimum Gasteiger partial charge on any atom is -0.480 e. The number of rotatable bonds is 4. The minimum absolute atomic E-state index is 0. The number of carboxylic acids is 1. The second-order valence-corrected chi connectivity index (χ2v) is 3.64. The van der Waals surface area contributed by atoms with Crippen molar-refractivity contribution in [3.8, 4) is 5.69 Å². The fourth-order valence-corrected chi connectivity index (χ4v) is 1.41. The molecule has 2 rings (SSSR count). The van der Waals surface area contributed by atoms with E-state index in [9.17, 15) is 4.79 Å². The van der Waals surface area contributed by atoms with Crippen molar-refractivity contribution in [1.82, 2.24) is 15.0 Å². The number of aromatic nitrogens is 3. The van der Waals surface area contributed by atoms with Crippen LogP contribution < -0.4 is 5.73 Å². The molecule has 0 radical (unpaired) electrons. The average Bonchev–Trinajstić information content (AvgIpc) is 2.78. The van der Waals surface area contributed by atoms with Gasteiger partial charge in [-0.1, -0.05) is 23.4 Å². The van der Waals surface area contributed by atoms with Crippen LogP contribution in [0.3, 0.4) is 0 Å². The highest BCUT2D eigenvalue weighted by Gasteiger charge is 2.14. The van der Waals surface area contributed by atoms with Crippen LogP contribution in [0.4, 0.5) is 0 Å². The van der Waals surface area contributed by atoms with Crippen molar-refractivity contribution in [3.05, 3.63) is 42.2 Å². The van der Waals surface area contributed by atoms with Crippen LogP contribution in [0, 0.1) is 0 Å². The number of nitrogens with two attached hydrogens (primary N) is 1. The SMILES string of the molecule is Cl.NC(Cc1cn(-c2ccccc2)nn1)C(=O)O. The third-order valence-corrected chi connectivity index (χ3v) is 2.31. The molecule has 96 valence electrons. The van der Waals surface area contributed by atoms with Gasteiger partial charge in [0.15, 0.2) is 0 Å². The molecule has 0 saturated carbocycles. The standard InChI is InChI=1S/C11H12N4O2.ClH/c12-10(11(16)17)6-8-7-15(14-13-8)9-4-2-1-3-5-9;/h1-5,7,10H,6,12H2,(H,16,17);1H. The fourth-order valence-electron chi connectivity index (χ4n) is 1.41. The van der Waals surface area contributed by atoms with Crippen LogP contribution in [-0.2, 0) is 11.2 Å². The summed E-state index contributed by atoms with van der Waals surface area (Å²) in [5.41, 5.74) is 6.85. The highest BCUT2D eigenvalue weighted by molar-refractivity contribution is 5.85. The van der Waals surface area contributed by atoms with Crippen molar-refractivity contribution < 1.29 is 9.90 Å². The van der Waals surface area contributed by atoms with Crippen LogP contribution >= 0.6 is 12.4 Å². The quantitative estimate of drug-likeness (QED) is 0.849. The van der Waals surface area contributed by atoms with E-state index in [1.54, 1.807) is 10.9 Å². The van der Waals surface area contributed by atoms with Crippen LogP contribution in [0.2, 0.25) is 0 Å². The molecular formula is C11H13ClN4O2. The Balaban J connectivity index is 0.00000162. The minimum atomic E-state index is -1.04. The normalized spacial score (nSPS) is 11.6. The molecule has 2 aromatic rings. The van der Waals surface area contributed by atoms with E-state index in [1.165, 1.54) is 0 Å². The maximum atomic E-state index is 10.6. The van der Waals surface area contributed by atoms with E-state index < -0.39 is 12.0 Å². The second-order valence-electron chi connectivity index (χ2n) is 3.64. The molecule has 3 N–H and O–H groups in total. The Hall–Kier alpha value is -1.92. The summed E-state index contributed by atoms with van der Waals surface area (Å²) in [4.78, 5) is 10.6. The molecule has 7 heteroatoms. The van der Waals surface area contributed by atoms with Gasteiger partial charge in [-0.05, 0) is 12.1 Å². The van der Waals surface area contributed by atoms with Gasteiger partial charge in [-0.15, -0.1) is 17.5 Å². The predicted octanol–water partition coefficient (Wildman–Crippen LogP) is 0.643. The third kappa shape index (κ3) is 3.28. The van der Waals surface area contributed by atoms with Crippen LogP contribution in [0.1, 0.15) is 5.69 Å². The number of carbonyl (C=O) groups is 1. The highest BCUT2D eigenvalue weighted by atomic mass is 35.5. The molecule has 1 heterocycles. The monoisotopic (exact) mass is 268 g/mol. The van der Waals surface area contributed by atoms with E-state index in [0.29, 0.717) is 5.69 Å². The number of hydrogen-bond donors (Lipinski definition) is 2. The first-order valence-electron chi connectivity index (χ1n) is 5.12. The summed E-state index contributed by atoms with van der Waals surface area (Å²) < 4.78 is 1.59. The average molecular weight is 269 g/mol. The largest absolute Gasteiger partial charge is 0.480 e. The van der Waals surface area contributed by atoms with Crippen molar-refractivity contribution >= 4 is 18.4 Å². The van der Waals surface area contributed by atoms with Crippen molar-refractivity contribution in [3.63, 3.8) is 0 Å². The highest BCUT2D eigenvalue weighted by Crippen LogP contribution is 2.06. The number of aliphatic carboxylic acids is 1. The van der Waals surface area contributed by atoms with Gasteiger partial charge in [0.1, 0.15) is 6.04 Å². The molecule has 0 aliphatic heterocycles. The zero-order valence-corrected chi connectivity index (χ0v) is 10.2. The molecule has 6 nitrogen and oxygen atoms in total. The topological polar surface area (TPSA) is 94.0 Å². The Kier molecular flexibility index (Phi) is 4.82. The van der Waals surface area contributed by atoms with Crippen molar-refractivity contribution in [2.45, 2.75) is 12.5 Å². The van der Waals surface area contributed by atoms with E-state index in [1.807, 2.05) is 30.3 Å². The molecule has 0 bridgehead atoms. The Labute approximate surface area is 110 Å². The van der Waals surface area contributed by atoms with Gasteiger partial charge < -0.3 is 10.8 Å². The van der Waals surface area contributed by atoms with Gasteiger partial charge in [0.25, 0.3) is 0 Å². The van der Waals surface area contributed by atoms with Crippen LogP contribution in [0.25, 0.3) is 5.69 Å². The Morgan fingerprint density at radius 2 is 2.06 bits per heavy atom. The van der Waals surface area contributed by atoms with E-state index >= 15 is 0 Å². The number of carboxylic acid groups (broad SMARTS) is 1. The molecule has 1 atom stereocenters. The molecule has 1 aromatic carbocycles. The van der Waals surface area contributed by atoms with Gasteiger partial charge in [-0.25, -0.2) is 4.68 Å². The molecule has 0 fully saturated rings. The molecular weight excluding hydrogens is 256 g/mol. The summed E-state index contributed by atoms with van der Waals surface area (Å²) >= 11 is 0. The molecule has 18 heavy (non-hydrogen) atoms. The fraction of sp³-hybridized carbons (Fsp3) is 0.182. The number of halogens is 1. The summed E-state index contributed by atoms with van der Waals surface area (Å²) in [5, 5.41) is 16.5. The molecule has 1 unspecified atom stereocenters. The van der Waals surface area contributed by atoms with Gasteiger partial charge in [0.05, 0.1) is 17.6 Å². The summed E-state index contributed by atoms with van der Waals surface area (Å²) in [6.45, 7) is 0. The van der Waals surface area contributed by atoms with Crippen molar-refractivity contribution in [2.75, 3.05) is 0 Å². The summed E-state index contributed by atoms with van der Waals surface area (Å²) in [7, 11) is 0. The van der Waals surface area contributed by atoms with E-state index in [-0.39, 0.29) is 18.8 Å². The summed E-state index contributed by atoms with van der Waals surface area (Å²) in [5.74, 6) is -1.04. The molecule has 0 saturated heterocycles. The van der Waals surface area contributed by atoms with Gasteiger partial charge >= 0.3 is 5.97 Å². The Morgan fingerprint density at radius 3 is 2.67 bits per heavy atom. The maximum absolute atomic E-state index is 10.6. The van der Waals surface area contributed by atoms with Gasteiger partial charge in [-0.2, -0.15) is 0 Å². The van der Waals surface area contributed by atoms with Gasteiger partial charge in [0.2, 0.25) is 0 Å². The first-order valence-corrected chi connectivity index (χ1v) is 5.12. The van der Waals surface area contributed by atoms with Gasteiger partial charge in [0, 0.05) is 6.42 Å². The van der Waals surface area contributed by atoms with Crippen molar-refractivity contribution in [1.29, 1.82) is 0 Å². The Bertz CT molecular complexity index is 515. The lowest BCUT2D eigenvalue weighted by Gasteiger charge is -2.01.